The van der Waals surface area contributed by atoms with Crippen LogP contribution in [0.4, 0.5) is 4.39 Å². The molecule has 0 aromatic carbocycles. The largest absolute Gasteiger partial charge is 0.361 e. The maximum absolute atomic E-state index is 12.6. The third-order valence-corrected chi connectivity index (χ3v) is 6.52. The lowest BCUT2D eigenvalue weighted by atomic mass is 10.2. The molecule has 3 aromatic heterocycles. The van der Waals surface area contributed by atoms with Crippen molar-refractivity contribution in [1.82, 2.24) is 19.3 Å². The lowest BCUT2D eigenvalue weighted by molar-refractivity contribution is 0.0908. The van der Waals surface area contributed by atoms with Crippen molar-refractivity contribution in [3.8, 4) is 17.5 Å². The predicted molar refractivity (Wildman–Crippen MR) is 111 cm³/mol. The average molecular weight is 420 g/mol. The van der Waals surface area contributed by atoms with Crippen LogP contribution in [0.1, 0.15) is 5.56 Å². The van der Waals surface area contributed by atoms with Crippen LogP contribution in [-0.4, -0.2) is 40.7 Å². The van der Waals surface area contributed by atoms with Gasteiger partial charge in [-0.3, -0.25) is 9.25 Å². The lowest BCUT2D eigenvalue weighted by Crippen LogP contribution is -2.22. The average Bonchev–Trinajstić information content (AvgIpc) is 3.23. The lowest BCUT2D eigenvalue weighted by Gasteiger charge is -2.16. The number of nitrogens with zero attached hydrogens (tertiary/aromatic N) is 5. The van der Waals surface area contributed by atoms with E-state index in [1.807, 2.05) is 16.7 Å². The van der Waals surface area contributed by atoms with E-state index >= 15 is 0 Å². The molecule has 0 aliphatic rings. The van der Waals surface area contributed by atoms with Crippen molar-refractivity contribution >= 4 is 30.7 Å². The molecule has 6 nitrogen and oxygen atoms in total. The van der Waals surface area contributed by atoms with E-state index in [1.54, 1.807) is 10.9 Å². The van der Waals surface area contributed by atoms with Crippen LogP contribution in [0.3, 0.4) is 0 Å². The van der Waals surface area contributed by atoms with E-state index in [0.717, 1.165) is 11.7 Å². The fraction of sp³-hybridized carbons (Fsp3) is 0.421. The number of aryl methyl sites for hydroxylation is 1. The molecule has 0 bridgehead atoms. The molecular formula is C19H23ClFN5OSi. The summed E-state index contributed by atoms with van der Waals surface area (Å²) in [5, 5.41) is 14.7. The highest BCUT2D eigenvalue weighted by atomic mass is 35.5. The molecule has 0 saturated heterocycles. The molecule has 0 radical (unpaired) electrons. The predicted octanol–water partition coefficient (Wildman–Crippen LogP) is 4.71. The minimum atomic E-state index is -1.20. The monoisotopic (exact) mass is 419 g/mol. The van der Waals surface area contributed by atoms with Gasteiger partial charge in [-0.1, -0.05) is 31.2 Å². The van der Waals surface area contributed by atoms with Gasteiger partial charge in [0, 0.05) is 32.5 Å². The first-order valence-corrected chi connectivity index (χ1v) is 13.2. The smallest absolute Gasteiger partial charge is 0.143 e. The van der Waals surface area contributed by atoms with Crippen molar-refractivity contribution in [1.29, 1.82) is 5.26 Å². The van der Waals surface area contributed by atoms with Crippen LogP contribution in [0.5, 0.6) is 0 Å². The van der Waals surface area contributed by atoms with Crippen LogP contribution in [0.15, 0.2) is 24.5 Å². The molecule has 0 spiro atoms. The number of hydrogen-bond acceptors (Lipinski definition) is 4. The number of alkyl halides is 1. The second-order valence-electron chi connectivity index (χ2n) is 7.79. The van der Waals surface area contributed by atoms with Gasteiger partial charge in [0.2, 0.25) is 0 Å². The standard InChI is InChI=1S/C19H23ClFN5OSi/c1-28(2,3)9-8-27-13-26-17(16-4-6-25(24-16)7-5-21)10-15-18(20)14(11-22)12-23-19(15)26/h4,6,10,12H,5,7-9,13H2,1-3H3. The van der Waals surface area contributed by atoms with Crippen molar-refractivity contribution < 1.29 is 9.13 Å². The van der Waals surface area contributed by atoms with E-state index in [2.05, 4.69) is 35.8 Å². The second kappa shape index (κ2) is 8.43. The number of nitriles is 1. The zero-order valence-electron chi connectivity index (χ0n) is 16.2. The number of fused-ring (bicyclic) bond motifs is 1. The molecule has 148 valence electrons. The number of ether oxygens (including phenoxy) is 1. The molecule has 0 fully saturated rings. The Bertz CT molecular complexity index is 1020. The molecule has 28 heavy (non-hydrogen) atoms. The van der Waals surface area contributed by atoms with Gasteiger partial charge in [-0.05, 0) is 18.2 Å². The van der Waals surface area contributed by atoms with Gasteiger partial charge < -0.3 is 4.74 Å². The topological polar surface area (TPSA) is 68.7 Å². The van der Waals surface area contributed by atoms with E-state index < -0.39 is 14.7 Å². The molecule has 3 heterocycles. The Morgan fingerprint density at radius 1 is 1.36 bits per heavy atom. The molecular weight excluding hydrogens is 397 g/mol. The van der Waals surface area contributed by atoms with Crippen molar-refractivity contribution in [2.45, 2.75) is 39.0 Å². The quantitative estimate of drug-likeness (QED) is 0.391. The van der Waals surface area contributed by atoms with Crippen molar-refractivity contribution in [2.24, 2.45) is 0 Å². The molecule has 3 aromatic rings. The van der Waals surface area contributed by atoms with Crippen molar-refractivity contribution in [2.75, 3.05) is 13.3 Å². The van der Waals surface area contributed by atoms with E-state index in [-0.39, 0.29) is 6.54 Å². The third kappa shape index (κ3) is 4.43. The van der Waals surface area contributed by atoms with Gasteiger partial charge in [-0.2, -0.15) is 10.4 Å². The first-order valence-electron chi connectivity index (χ1n) is 9.09. The molecule has 9 heteroatoms. The van der Waals surface area contributed by atoms with Gasteiger partial charge in [-0.25, -0.2) is 9.37 Å². The maximum Gasteiger partial charge on any atom is 0.143 e. The maximum atomic E-state index is 12.6. The number of halogens is 2. The van der Waals surface area contributed by atoms with Gasteiger partial charge in [0.1, 0.15) is 30.8 Å². The Labute approximate surface area is 169 Å². The summed E-state index contributed by atoms with van der Waals surface area (Å²) < 4.78 is 22.0. The van der Waals surface area contributed by atoms with Gasteiger partial charge in [-0.15, -0.1) is 0 Å². The molecule has 0 aliphatic carbocycles. The van der Waals surface area contributed by atoms with E-state index in [4.69, 9.17) is 16.3 Å². The summed E-state index contributed by atoms with van der Waals surface area (Å²) in [7, 11) is -1.20. The van der Waals surface area contributed by atoms with Crippen molar-refractivity contribution in [3.63, 3.8) is 0 Å². The highest BCUT2D eigenvalue weighted by Crippen LogP contribution is 2.32. The van der Waals surface area contributed by atoms with Crippen LogP contribution in [0, 0.1) is 11.3 Å². The minimum Gasteiger partial charge on any atom is -0.361 e. The Hall–Kier alpha value is -2.21. The Kier molecular flexibility index (Phi) is 6.18. The summed E-state index contributed by atoms with van der Waals surface area (Å²) in [6.45, 7) is 7.58. The van der Waals surface area contributed by atoms with Crippen LogP contribution >= 0.6 is 11.6 Å². The number of rotatable bonds is 8. The fourth-order valence-corrected chi connectivity index (χ4v) is 3.82. The molecule has 0 N–H and O–H groups in total. The highest BCUT2D eigenvalue weighted by molar-refractivity contribution is 6.76. The summed E-state index contributed by atoms with van der Waals surface area (Å²) >= 11 is 6.40. The van der Waals surface area contributed by atoms with Crippen molar-refractivity contribution in [3.05, 3.63) is 35.1 Å². The highest BCUT2D eigenvalue weighted by Gasteiger charge is 2.19. The summed E-state index contributed by atoms with van der Waals surface area (Å²) in [5.74, 6) is 0. The molecule has 0 saturated carbocycles. The SMILES string of the molecule is C[Si](C)(C)CCOCn1c(-c2ccn(CCF)n2)cc2c(Cl)c(C#N)cnc21. The van der Waals surface area contributed by atoms with Crippen LogP contribution in [-0.2, 0) is 18.0 Å². The van der Waals surface area contributed by atoms with Gasteiger partial charge >= 0.3 is 0 Å². The Morgan fingerprint density at radius 3 is 2.82 bits per heavy atom. The first kappa shape index (κ1) is 20.5. The van der Waals surface area contributed by atoms with E-state index in [9.17, 15) is 9.65 Å². The van der Waals surface area contributed by atoms with Gasteiger partial charge in [0.15, 0.2) is 0 Å². The van der Waals surface area contributed by atoms with Crippen LogP contribution in [0.2, 0.25) is 30.7 Å². The fourth-order valence-electron chi connectivity index (χ4n) is 2.83. The van der Waals surface area contributed by atoms with Crippen LogP contribution in [0.25, 0.3) is 22.4 Å². The molecule has 0 amide bonds. The number of aromatic nitrogens is 4. The second-order valence-corrected chi connectivity index (χ2v) is 13.8. The van der Waals surface area contributed by atoms with E-state index in [0.29, 0.717) is 40.7 Å². The summed E-state index contributed by atoms with van der Waals surface area (Å²) in [4.78, 5) is 4.42. The zero-order chi connectivity index (χ0) is 20.3. The van der Waals surface area contributed by atoms with Gasteiger partial charge in [0.25, 0.3) is 0 Å². The molecule has 0 atom stereocenters. The number of pyridine rings is 1. The first-order chi connectivity index (χ1) is 13.3. The summed E-state index contributed by atoms with van der Waals surface area (Å²) in [6, 6.07) is 6.79. The van der Waals surface area contributed by atoms with Gasteiger partial charge in [0.05, 0.1) is 22.8 Å². The third-order valence-electron chi connectivity index (χ3n) is 4.41. The zero-order valence-corrected chi connectivity index (χ0v) is 18.0. The Morgan fingerprint density at radius 2 is 2.14 bits per heavy atom. The summed E-state index contributed by atoms with van der Waals surface area (Å²) in [6.07, 6.45) is 3.20. The molecule has 0 aliphatic heterocycles. The van der Waals surface area contributed by atoms with Crippen LogP contribution < -0.4 is 0 Å². The molecule has 3 rings (SSSR count). The number of hydrogen-bond donors (Lipinski definition) is 0. The minimum absolute atomic E-state index is 0.199. The van der Waals surface area contributed by atoms with E-state index in [1.165, 1.54) is 6.20 Å². The molecule has 0 unspecified atom stereocenters. The Balaban J connectivity index is 1.99. The summed E-state index contributed by atoms with van der Waals surface area (Å²) in [5.41, 5.74) is 2.40. The normalized spacial score (nSPS) is 11.9.